The smallest absolute Gasteiger partial charge is 0.378 e. The average Bonchev–Trinajstić information content (AvgIpc) is 2.38. The van der Waals surface area contributed by atoms with Crippen molar-refractivity contribution in [2.24, 2.45) is 0 Å². The number of ether oxygens (including phenoxy) is 2. The third-order valence-corrected chi connectivity index (χ3v) is 3.79. The summed E-state index contributed by atoms with van der Waals surface area (Å²) in [6.07, 6.45) is -4.31. The van der Waals surface area contributed by atoms with Crippen molar-refractivity contribution in [2.45, 2.75) is 32.5 Å². The van der Waals surface area contributed by atoms with Crippen LogP contribution in [0, 0.1) is 0 Å². The van der Waals surface area contributed by atoms with E-state index in [2.05, 4.69) is 0 Å². The van der Waals surface area contributed by atoms with Crippen LogP contribution in [0.25, 0.3) is 0 Å². The zero-order valence-corrected chi connectivity index (χ0v) is 13.0. The monoisotopic (exact) mass is 308 g/mol. The van der Waals surface area contributed by atoms with E-state index in [1.165, 1.54) is 6.07 Å². The molecule has 0 atom stereocenters. The first-order chi connectivity index (χ1) is 9.47. The van der Waals surface area contributed by atoms with Gasteiger partial charge in [-0.15, -0.1) is 0 Å². The molecule has 0 fully saturated rings. The number of halogens is 3. The lowest BCUT2D eigenvalue weighted by molar-refractivity contribution is -0.243. The summed E-state index contributed by atoms with van der Waals surface area (Å²) in [7, 11) is -1.05. The molecule has 3 nitrogen and oxygen atoms in total. The van der Waals surface area contributed by atoms with Gasteiger partial charge in [-0.2, -0.15) is 13.2 Å². The van der Waals surface area contributed by atoms with Crippen LogP contribution in [0.1, 0.15) is 25.0 Å². The second kappa shape index (κ2) is 8.41. The summed E-state index contributed by atoms with van der Waals surface area (Å²) in [4.78, 5) is 0. The molecule has 1 aromatic carbocycles. The third-order valence-electron chi connectivity index (χ3n) is 2.50. The van der Waals surface area contributed by atoms with Gasteiger partial charge in [0.25, 0.3) is 6.48 Å². The fourth-order valence-corrected chi connectivity index (χ4v) is 2.64. The highest BCUT2D eigenvalue weighted by Gasteiger charge is 2.30. The minimum Gasteiger partial charge on any atom is -0.378 e. The molecular weight excluding hydrogens is 289 g/mol. The van der Waals surface area contributed by atoms with Gasteiger partial charge >= 0.3 is 6.18 Å². The maximum Gasteiger partial charge on any atom is 0.416 e. The summed E-state index contributed by atoms with van der Waals surface area (Å²) in [6, 6.07) is 5.81. The van der Waals surface area contributed by atoms with Crippen LogP contribution in [0.2, 0.25) is 0 Å². The summed E-state index contributed by atoms with van der Waals surface area (Å²) < 4.78 is 53.6. The Morgan fingerprint density at radius 1 is 1.15 bits per heavy atom. The molecule has 0 aromatic heterocycles. The number of hydrogen-bond donors (Lipinski definition) is 0. The lowest BCUT2D eigenvalue weighted by Crippen LogP contribution is -2.24. The number of benzene rings is 1. The quantitative estimate of drug-likeness (QED) is 0.546. The zero-order chi connectivity index (χ0) is 15.0. The van der Waals surface area contributed by atoms with E-state index in [4.69, 9.17) is 13.9 Å². The van der Waals surface area contributed by atoms with Gasteiger partial charge in [0.05, 0.1) is 5.56 Å². The molecule has 7 heteroatoms. The van der Waals surface area contributed by atoms with Gasteiger partial charge in [0, 0.05) is 13.2 Å². The number of rotatable bonds is 8. The number of alkyl halides is 3. The van der Waals surface area contributed by atoms with Gasteiger partial charge in [-0.3, -0.25) is 0 Å². The van der Waals surface area contributed by atoms with E-state index in [-0.39, 0.29) is 0 Å². The Bertz CT molecular complexity index is 393. The van der Waals surface area contributed by atoms with E-state index >= 15 is 0 Å². The van der Waals surface area contributed by atoms with E-state index < -0.39 is 28.0 Å². The van der Waals surface area contributed by atoms with Crippen molar-refractivity contribution in [1.82, 2.24) is 0 Å². The molecule has 0 N–H and O–H groups in total. The molecule has 1 aromatic rings. The molecule has 0 unspecified atom stereocenters. The molecule has 0 aliphatic rings. The molecule has 0 aliphatic heterocycles. The predicted molar refractivity (Wildman–Crippen MR) is 71.8 cm³/mol. The molecule has 0 spiro atoms. The average molecular weight is 308 g/mol. The van der Waals surface area contributed by atoms with Crippen molar-refractivity contribution in [3.8, 4) is 0 Å². The van der Waals surface area contributed by atoms with Crippen LogP contribution < -0.4 is 0 Å². The van der Waals surface area contributed by atoms with E-state index in [0.717, 1.165) is 12.1 Å². The van der Waals surface area contributed by atoms with Crippen LogP contribution in [0.5, 0.6) is 0 Å². The molecule has 0 heterocycles. The Morgan fingerprint density at radius 2 is 1.80 bits per heavy atom. The third kappa shape index (κ3) is 6.04. The molecule has 114 valence electrons. The van der Waals surface area contributed by atoms with E-state index in [0.29, 0.717) is 24.8 Å². The summed E-state index contributed by atoms with van der Waals surface area (Å²) in [5, 5.41) is 0. The molecule has 0 bridgehead atoms. The van der Waals surface area contributed by atoms with Gasteiger partial charge in [-0.05, 0) is 31.5 Å². The first-order valence-electron chi connectivity index (χ1n) is 6.48. The van der Waals surface area contributed by atoms with E-state index in [1.54, 1.807) is 6.07 Å². The predicted octanol–water partition coefficient (Wildman–Crippen LogP) is 2.66. The zero-order valence-electron chi connectivity index (χ0n) is 11.6. The summed E-state index contributed by atoms with van der Waals surface area (Å²) >= 11 is 0. The normalized spacial score (nSPS) is 12.7. The Hall–Kier alpha value is -0.893. The van der Waals surface area contributed by atoms with Gasteiger partial charge in [0.2, 0.25) is 0 Å². The lowest BCUT2D eigenvalue weighted by atomic mass is 10.1. The van der Waals surface area contributed by atoms with Crippen molar-refractivity contribution in [3.63, 3.8) is 0 Å². The Labute approximate surface area is 119 Å². The molecule has 0 amide bonds. The molecule has 1 rings (SSSR count). The highest BCUT2D eigenvalue weighted by molar-refractivity contribution is 6.26. The van der Waals surface area contributed by atoms with E-state index in [1.807, 2.05) is 13.8 Å². The highest BCUT2D eigenvalue weighted by Crippen LogP contribution is 2.29. The first-order valence-corrected chi connectivity index (χ1v) is 8.06. The Kier molecular flexibility index (Phi) is 7.21. The van der Waals surface area contributed by atoms with Crippen molar-refractivity contribution in [2.75, 3.05) is 13.2 Å². The molecule has 0 radical (unpaired) electrons. The molecule has 0 saturated carbocycles. The molecule has 0 saturated heterocycles. The highest BCUT2D eigenvalue weighted by atomic mass is 28.2. The van der Waals surface area contributed by atoms with Gasteiger partial charge < -0.3 is 13.9 Å². The maximum absolute atomic E-state index is 12.6. The molecular formula is C13H19F3O3Si. The largest absolute Gasteiger partial charge is 0.416 e. The Morgan fingerprint density at radius 3 is 2.35 bits per heavy atom. The summed E-state index contributed by atoms with van der Waals surface area (Å²) in [5.74, 6) is 0. The van der Waals surface area contributed by atoms with Crippen molar-refractivity contribution in [1.29, 1.82) is 0 Å². The second-order valence-electron chi connectivity index (χ2n) is 4.02. The van der Waals surface area contributed by atoms with Gasteiger partial charge in [-0.1, -0.05) is 18.2 Å². The van der Waals surface area contributed by atoms with Crippen LogP contribution in [-0.4, -0.2) is 29.5 Å². The van der Waals surface area contributed by atoms with E-state index in [9.17, 15) is 13.2 Å². The summed E-state index contributed by atoms with van der Waals surface area (Å²) in [5.41, 5.74) is -0.00611. The SMILES string of the molecule is CCOC(OCC)O[SiH2]Cc1cccc(C(F)(F)F)c1. The Balaban J connectivity index is 2.49. The summed E-state index contributed by atoms with van der Waals surface area (Å²) in [6.45, 7) is 3.86. The molecule has 0 aliphatic carbocycles. The van der Waals surface area contributed by atoms with Gasteiger partial charge in [0.1, 0.15) is 0 Å². The van der Waals surface area contributed by atoms with Crippen LogP contribution >= 0.6 is 0 Å². The van der Waals surface area contributed by atoms with Crippen molar-refractivity contribution >= 4 is 9.76 Å². The van der Waals surface area contributed by atoms with Crippen LogP contribution in [-0.2, 0) is 26.1 Å². The minimum atomic E-state index is -4.31. The lowest BCUT2D eigenvalue weighted by Gasteiger charge is -2.17. The number of hydrogen-bond acceptors (Lipinski definition) is 3. The van der Waals surface area contributed by atoms with Crippen LogP contribution in [0.4, 0.5) is 13.2 Å². The second-order valence-corrected chi connectivity index (χ2v) is 5.26. The van der Waals surface area contributed by atoms with Gasteiger partial charge in [0.15, 0.2) is 9.76 Å². The van der Waals surface area contributed by atoms with Gasteiger partial charge in [-0.25, -0.2) is 0 Å². The van der Waals surface area contributed by atoms with Crippen LogP contribution in [0.3, 0.4) is 0 Å². The first kappa shape index (κ1) is 17.2. The van der Waals surface area contributed by atoms with Crippen molar-refractivity contribution in [3.05, 3.63) is 35.4 Å². The van der Waals surface area contributed by atoms with Crippen LogP contribution in [0.15, 0.2) is 24.3 Å². The fraction of sp³-hybridized carbons (Fsp3) is 0.538. The maximum atomic E-state index is 12.6. The van der Waals surface area contributed by atoms with Crippen molar-refractivity contribution < 1.29 is 27.1 Å². The molecule has 20 heavy (non-hydrogen) atoms. The topological polar surface area (TPSA) is 27.7 Å². The minimum absolute atomic E-state index is 0.461. The standard InChI is InChI=1S/C13H19F3O3Si/c1-3-17-12(18-4-2)19-20-9-10-6-5-7-11(8-10)13(14,15)16/h5-8,12H,3-4,9,20H2,1-2H3. The fourth-order valence-electron chi connectivity index (χ4n) is 1.59.